The number of esters is 1. The maximum Gasteiger partial charge on any atom is 0.339 e. The number of aryl methyl sites for hydroxylation is 1. The number of hydrogen-bond acceptors (Lipinski definition) is 4. The van der Waals surface area contributed by atoms with Crippen molar-refractivity contribution in [3.8, 4) is 11.3 Å². The minimum atomic E-state index is -0.643. The Hall–Kier alpha value is -3.48. The van der Waals surface area contributed by atoms with Crippen molar-refractivity contribution < 1.29 is 18.7 Å². The summed E-state index contributed by atoms with van der Waals surface area (Å²) in [6.45, 7) is 0.967. The van der Waals surface area contributed by atoms with Crippen LogP contribution in [0.4, 0.5) is 4.39 Å². The van der Waals surface area contributed by atoms with Crippen LogP contribution in [0.25, 0.3) is 11.3 Å². The largest absolute Gasteiger partial charge is 0.450 e. The highest BCUT2D eigenvalue weighted by Crippen LogP contribution is 2.44. The van der Waals surface area contributed by atoms with Crippen molar-refractivity contribution >= 4 is 11.9 Å². The second-order valence-corrected chi connectivity index (χ2v) is 7.77. The molecule has 2 aliphatic heterocycles. The lowest BCUT2D eigenvalue weighted by Gasteiger charge is -2.38. The number of rotatable bonds is 2. The van der Waals surface area contributed by atoms with Crippen molar-refractivity contribution in [2.24, 2.45) is 7.05 Å². The number of hydrogen-bond donors (Lipinski definition) is 0. The SMILES string of the molecule is Cn1nc(-c2ccc(F)cc2)cc1C(=O)N1CCC2(CC1)OC(=O)c1ccccc12. The number of aromatic nitrogens is 2. The molecule has 7 heteroatoms. The van der Waals surface area contributed by atoms with Crippen LogP contribution in [-0.2, 0) is 17.4 Å². The average Bonchev–Trinajstić information content (AvgIpc) is 3.27. The highest BCUT2D eigenvalue weighted by Gasteiger charge is 2.47. The van der Waals surface area contributed by atoms with Gasteiger partial charge in [-0.2, -0.15) is 5.10 Å². The fraction of sp³-hybridized carbons (Fsp3) is 0.261. The second-order valence-electron chi connectivity index (χ2n) is 7.77. The molecule has 6 nitrogen and oxygen atoms in total. The Morgan fingerprint density at radius 3 is 2.53 bits per heavy atom. The first-order chi connectivity index (χ1) is 14.5. The van der Waals surface area contributed by atoms with Gasteiger partial charge in [0.05, 0.1) is 11.3 Å². The van der Waals surface area contributed by atoms with Crippen LogP contribution in [-0.4, -0.2) is 39.6 Å². The lowest BCUT2D eigenvalue weighted by Crippen LogP contribution is -2.45. The van der Waals surface area contributed by atoms with Crippen LogP contribution in [0.2, 0.25) is 0 Å². The van der Waals surface area contributed by atoms with E-state index < -0.39 is 5.60 Å². The predicted octanol–water partition coefficient (Wildman–Crippen LogP) is 3.53. The summed E-state index contributed by atoms with van der Waals surface area (Å²) < 4.78 is 20.5. The molecule has 1 saturated heterocycles. The number of nitrogens with zero attached hydrogens (tertiary/aromatic N) is 3. The van der Waals surface area contributed by atoms with E-state index in [2.05, 4.69) is 5.10 Å². The molecular formula is C23H20FN3O3. The number of benzene rings is 2. The molecule has 0 unspecified atom stereocenters. The average molecular weight is 405 g/mol. The molecule has 0 atom stereocenters. The van der Waals surface area contributed by atoms with E-state index in [1.165, 1.54) is 12.1 Å². The molecule has 30 heavy (non-hydrogen) atoms. The topological polar surface area (TPSA) is 64.4 Å². The maximum absolute atomic E-state index is 13.2. The maximum atomic E-state index is 13.2. The number of amides is 1. The quantitative estimate of drug-likeness (QED) is 0.612. The molecule has 0 radical (unpaired) electrons. The van der Waals surface area contributed by atoms with Crippen LogP contribution in [0.15, 0.2) is 54.6 Å². The van der Waals surface area contributed by atoms with Crippen LogP contribution in [0.5, 0.6) is 0 Å². The lowest BCUT2D eigenvalue weighted by molar-refractivity contribution is -0.0390. The Bertz CT molecular complexity index is 1140. The fourth-order valence-electron chi connectivity index (χ4n) is 4.38. The number of fused-ring (bicyclic) bond motifs is 2. The van der Waals surface area contributed by atoms with Gasteiger partial charge in [-0.15, -0.1) is 0 Å². The Kier molecular flexibility index (Phi) is 4.20. The third kappa shape index (κ3) is 2.89. The Balaban J connectivity index is 1.35. The molecule has 3 aromatic rings. The van der Waals surface area contributed by atoms with E-state index >= 15 is 0 Å². The van der Waals surface area contributed by atoms with Gasteiger partial charge in [0.1, 0.15) is 17.1 Å². The number of carbonyl (C=O) groups excluding carboxylic acids is 2. The third-order valence-electron chi connectivity index (χ3n) is 6.02. The van der Waals surface area contributed by atoms with Gasteiger partial charge in [-0.1, -0.05) is 18.2 Å². The van der Waals surface area contributed by atoms with Crippen LogP contribution < -0.4 is 0 Å². The summed E-state index contributed by atoms with van der Waals surface area (Å²) in [5, 5.41) is 4.41. The van der Waals surface area contributed by atoms with Crippen LogP contribution in [0, 0.1) is 5.82 Å². The van der Waals surface area contributed by atoms with Gasteiger partial charge in [0.25, 0.3) is 5.91 Å². The summed E-state index contributed by atoms with van der Waals surface area (Å²) in [5.41, 5.74) is 2.73. The van der Waals surface area contributed by atoms with Gasteiger partial charge >= 0.3 is 5.97 Å². The number of halogens is 1. The van der Waals surface area contributed by atoms with Crippen molar-refractivity contribution in [1.82, 2.24) is 14.7 Å². The van der Waals surface area contributed by atoms with E-state index in [9.17, 15) is 14.0 Å². The van der Waals surface area contributed by atoms with Gasteiger partial charge in [0.15, 0.2) is 0 Å². The molecule has 0 N–H and O–H groups in total. The van der Waals surface area contributed by atoms with E-state index in [0.29, 0.717) is 42.9 Å². The number of likely N-dealkylation sites (tertiary alicyclic amines) is 1. The molecule has 152 valence electrons. The standard InChI is InChI=1S/C23H20FN3O3/c1-26-20(14-19(25-26)15-6-8-16(24)9-7-15)21(28)27-12-10-23(11-13-27)18-5-3-2-4-17(18)22(29)30-23/h2-9,14H,10-13H2,1H3. The zero-order valence-electron chi connectivity index (χ0n) is 16.5. The van der Waals surface area contributed by atoms with E-state index in [1.54, 1.807) is 40.9 Å². The fourth-order valence-corrected chi connectivity index (χ4v) is 4.38. The van der Waals surface area contributed by atoms with E-state index in [-0.39, 0.29) is 17.7 Å². The molecular weight excluding hydrogens is 385 g/mol. The number of ether oxygens (including phenoxy) is 1. The van der Waals surface area contributed by atoms with Crippen molar-refractivity contribution in [3.05, 3.63) is 77.2 Å². The molecule has 3 heterocycles. The number of piperidine rings is 1. The smallest absolute Gasteiger partial charge is 0.339 e. The molecule has 2 aromatic carbocycles. The first kappa shape index (κ1) is 18.5. The summed E-state index contributed by atoms with van der Waals surface area (Å²) in [6.07, 6.45) is 1.12. The van der Waals surface area contributed by atoms with Gasteiger partial charge in [0.2, 0.25) is 0 Å². The predicted molar refractivity (Wildman–Crippen MR) is 107 cm³/mol. The Morgan fingerprint density at radius 1 is 1.10 bits per heavy atom. The molecule has 1 spiro atoms. The summed E-state index contributed by atoms with van der Waals surface area (Å²) in [7, 11) is 1.72. The minimum absolute atomic E-state index is 0.120. The van der Waals surface area contributed by atoms with Crippen LogP contribution >= 0.6 is 0 Å². The van der Waals surface area contributed by atoms with Gasteiger partial charge in [-0.05, 0) is 36.4 Å². The minimum Gasteiger partial charge on any atom is -0.450 e. The molecule has 1 amide bonds. The normalized spacial score (nSPS) is 17.1. The van der Waals surface area contributed by atoms with Crippen molar-refractivity contribution in [2.45, 2.75) is 18.4 Å². The van der Waals surface area contributed by atoms with E-state index in [1.807, 2.05) is 18.2 Å². The Labute approximate surface area is 172 Å². The van der Waals surface area contributed by atoms with Crippen LogP contribution in [0.1, 0.15) is 39.3 Å². The van der Waals surface area contributed by atoms with Gasteiger partial charge < -0.3 is 9.64 Å². The molecule has 1 aromatic heterocycles. The summed E-state index contributed by atoms with van der Waals surface area (Å²) in [6, 6.07) is 15.2. The monoisotopic (exact) mass is 405 g/mol. The third-order valence-corrected chi connectivity index (χ3v) is 6.02. The number of carbonyl (C=O) groups is 2. The van der Waals surface area contributed by atoms with Gasteiger partial charge in [0, 0.05) is 44.1 Å². The van der Waals surface area contributed by atoms with Crippen molar-refractivity contribution in [3.63, 3.8) is 0 Å². The zero-order valence-corrected chi connectivity index (χ0v) is 16.5. The molecule has 0 aliphatic carbocycles. The van der Waals surface area contributed by atoms with Crippen molar-refractivity contribution in [1.29, 1.82) is 0 Å². The highest BCUT2D eigenvalue weighted by atomic mass is 19.1. The Morgan fingerprint density at radius 2 is 1.80 bits per heavy atom. The summed E-state index contributed by atoms with van der Waals surface area (Å²) >= 11 is 0. The first-order valence-electron chi connectivity index (χ1n) is 9.89. The van der Waals surface area contributed by atoms with Gasteiger partial charge in [-0.25, -0.2) is 9.18 Å². The van der Waals surface area contributed by atoms with E-state index in [4.69, 9.17) is 4.74 Å². The molecule has 2 aliphatic rings. The lowest BCUT2D eigenvalue weighted by atomic mass is 9.83. The molecule has 0 bridgehead atoms. The summed E-state index contributed by atoms with van der Waals surface area (Å²) in [4.78, 5) is 27.1. The van der Waals surface area contributed by atoms with Crippen LogP contribution in [0.3, 0.4) is 0 Å². The molecule has 5 rings (SSSR count). The van der Waals surface area contributed by atoms with Gasteiger partial charge in [-0.3, -0.25) is 9.48 Å². The molecule has 0 saturated carbocycles. The first-order valence-corrected chi connectivity index (χ1v) is 9.89. The second kappa shape index (κ2) is 6.79. The van der Waals surface area contributed by atoms with Crippen molar-refractivity contribution in [2.75, 3.05) is 13.1 Å². The highest BCUT2D eigenvalue weighted by molar-refractivity contribution is 5.95. The summed E-state index contributed by atoms with van der Waals surface area (Å²) in [5.74, 6) is -0.728. The molecule has 1 fully saturated rings. The van der Waals surface area contributed by atoms with E-state index in [0.717, 1.165) is 11.1 Å². The zero-order chi connectivity index (χ0) is 20.9.